The van der Waals surface area contributed by atoms with E-state index >= 15 is 0 Å². The Labute approximate surface area is 174 Å². The number of aromatic carboxylic acids is 1. The highest BCUT2D eigenvalue weighted by molar-refractivity contribution is 9.10. The number of carbonyl (C=O) groups is 2. The molecule has 0 unspecified atom stereocenters. The molecule has 2 aromatic rings. The van der Waals surface area contributed by atoms with Gasteiger partial charge in [-0.05, 0) is 85.6 Å². The van der Waals surface area contributed by atoms with Gasteiger partial charge in [0, 0.05) is 5.39 Å². The molecule has 0 amide bonds. The van der Waals surface area contributed by atoms with Crippen LogP contribution in [0.1, 0.15) is 80.3 Å². The number of carbonyl (C=O) groups excluding carboxylic acids is 1. The van der Waals surface area contributed by atoms with Crippen molar-refractivity contribution in [3.8, 4) is 0 Å². The highest BCUT2D eigenvalue weighted by Gasteiger charge is 2.28. The van der Waals surface area contributed by atoms with Crippen molar-refractivity contribution < 1.29 is 19.4 Å². The fraction of sp³-hybridized carbons (Fsp3) is 0.545. The number of aromatic nitrogens is 1. The van der Waals surface area contributed by atoms with Crippen LogP contribution in [0, 0.1) is 6.92 Å². The van der Waals surface area contributed by atoms with Crippen molar-refractivity contribution in [3.05, 3.63) is 33.4 Å². The summed E-state index contributed by atoms with van der Waals surface area (Å²) in [5.74, 6) is -0.885. The lowest BCUT2D eigenvalue weighted by Gasteiger charge is -2.22. The maximum atomic E-state index is 12.5. The maximum Gasteiger partial charge on any atom is 0.335 e. The van der Waals surface area contributed by atoms with E-state index in [0.29, 0.717) is 5.92 Å². The van der Waals surface area contributed by atoms with Crippen LogP contribution >= 0.6 is 15.9 Å². The molecule has 1 saturated carbocycles. The predicted molar refractivity (Wildman–Crippen MR) is 113 cm³/mol. The third-order valence-corrected chi connectivity index (χ3v) is 6.16. The highest BCUT2D eigenvalue weighted by atomic mass is 79.9. The highest BCUT2D eigenvalue weighted by Crippen LogP contribution is 2.43. The lowest BCUT2D eigenvalue weighted by atomic mass is 9.83. The minimum absolute atomic E-state index is 0.0452. The molecule has 1 aromatic carbocycles. The van der Waals surface area contributed by atoms with Crippen molar-refractivity contribution in [2.45, 2.75) is 77.9 Å². The summed E-state index contributed by atoms with van der Waals surface area (Å²) >= 11 is 3.74. The minimum Gasteiger partial charge on any atom is -0.478 e. The molecule has 1 fully saturated rings. The smallest absolute Gasteiger partial charge is 0.335 e. The van der Waals surface area contributed by atoms with E-state index in [2.05, 4.69) is 15.9 Å². The fourth-order valence-electron chi connectivity index (χ4n) is 4.23. The third kappa shape index (κ3) is 4.27. The summed E-state index contributed by atoms with van der Waals surface area (Å²) in [6, 6.07) is 3.40. The van der Waals surface area contributed by atoms with Gasteiger partial charge >= 0.3 is 11.9 Å². The van der Waals surface area contributed by atoms with Crippen molar-refractivity contribution in [1.82, 2.24) is 4.57 Å². The quantitative estimate of drug-likeness (QED) is 0.598. The van der Waals surface area contributed by atoms with E-state index in [9.17, 15) is 14.7 Å². The molecule has 1 heterocycles. The van der Waals surface area contributed by atoms with Crippen LogP contribution in [0.3, 0.4) is 0 Å². The molecule has 6 heteroatoms. The number of fused-ring (bicyclic) bond motifs is 1. The van der Waals surface area contributed by atoms with Gasteiger partial charge in [-0.25, -0.2) is 4.79 Å². The van der Waals surface area contributed by atoms with E-state index < -0.39 is 11.6 Å². The average Bonchev–Trinajstić information content (AvgIpc) is 2.87. The Morgan fingerprint density at radius 2 is 1.86 bits per heavy atom. The Kier molecular flexibility index (Phi) is 5.89. The summed E-state index contributed by atoms with van der Waals surface area (Å²) in [5.41, 5.74) is 2.57. The van der Waals surface area contributed by atoms with Gasteiger partial charge in [0.05, 0.1) is 15.7 Å². The van der Waals surface area contributed by atoms with Crippen molar-refractivity contribution >= 4 is 38.8 Å². The fourth-order valence-corrected chi connectivity index (χ4v) is 5.07. The molecular formula is C22H28BrNO4. The Hall–Kier alpha value is -1.82. The van der Waals surface area contributed by atoms with Crippen molar-refractivity contribution in [3.63, 3.8) is 0 Å². The molecule has 1 N–H and O–H groups in total. The number of rotatable bonds is 4. The van der Waals surface area contributed by atoms with Crippen LogP contribution < -0.4 is 0 Å². The number of ether oxygens (including phenoxy) is 1. The van der Waals surface area contributed by atoms with Crippen LogP contribution in [0.25, 0.3) is 10.9 Å². The Morgan fingerprint density at radius 3 is 2.43 bits per heavy atom. The molecule has 0 bridgehead atoms. The summed E-state index contributed by atoms with van der Waals surface area (Å²) in [7, 11) is 0. The van der Waals surface area contributed by atoms with Crippen LogP contribution in [0.2, 0.25) is 0 Å². The Morgan fingerprint density at radius 1 is 1.21 bits per heavy atom. The molecule has 28 heavy (non-hydrogen) atoms. The summed E-state index contributed by atoms with van der Waals surface area (Å²) in [5, 5.41) is 10.6. The maximum absolute atomic E-state index is 12.5. The van der Waals surface area contributed by atoms with Gasteiger partial charge in [0.25, 0.3) is 0 Å². The van der Waals surface area contributed by atoms with E-state index in [1.54, 1.807) is 12.1 Å². The molecule has 0 radical (unpaired) electrons. The lowest BCUT2D eigenvalue weighted by Crippen LogP contribution is -2.26. The molecule has 152 valence electrons. The largest absolute Gasteiger partial charge is 0.478 e. The van der Waals surface area contributed by atoms with Crippen LogP contribution in [-0.2, 0) is 16.1 Å². The van der Waals surface area contributed by atoms with Crippen molar-refractivity contribution in [2.75, 3.05) is 0 Å². The first-order valence-corrected chi connectivity index (χ1v) is 10.6. The van der Waals surface area contributed by atoms with E-state index in [-0.39, 0.29) is 18.1 Å². The van der Waals surface area contributed by atoms with E-state index in [4.69, 9.17) is 4.74 Å². The number of carboxylic acid groups (broad SMARTS) is 1. The summed E-state index contributed by atoms with van der Waals surface area (Å²) in [6.07, 6.45) is 5.88. The molecule has 0 aliphatic heterocycles. The molecule has 0 spiro atoms. The average molecular weight is 450 g/mol. The second-order valence-electron chi connectivity index (χ2n) is 8.70. The topological polar surface area (TPSA) is 68.5 Å². The van der Waals surface area contributed by atoms with Gasteiger partial charge in [-0.1, -0.05) is 19.3 Å². The van der Waals surface area contributed by atoms with Crippen molar-refractivity contribution in [2.24, 2.45) is 0 Å². The van der Waals surface area contributed by atoms with Crippen LogP contribution in [0.15, 0.2) is 16.7 Å². The molecule has 0 saturated heterocycles. The summed E-state index contributed by atoms with van der Waals surface area (Å²) in [4.78, 5) is 24.1. The third-order valence-electron chi connectivity index (χ3n) is 5.30. The van der Waals surface area contributed by atoms with Crippen LogP contribution in [0.5, 0.6) is 0 Å². The number of hydrogen-bond donors (Lipinski definition) is 1. The Balaban J connectivity index is 2.16. The monoisotopic (exact) mass is 449 g/mol. The van der Waals surface area contributed by atoms with Gasteiger partial charge in [0.1, 0.15) is 12.1 Å². The Bertz CT molecular complexity index is 917. The zero-order chi connectivity index (χ0) is 20.6. The van der Waals surface area contributed by atoms with Gasteiger partial charge in [0.15, 0.2) is 0 Å². The lowest BCUT2D eigenvalue weighted by molar-refractivity contribution is -0.155. The number of esters is 1. The molecule has 5 nitrogen and oxygen atoms in total. The number of carboxylic acids is 1. The number of hydrogen-bond acceptors (Lipinski definition) is 3. The molecular weight excluding hydrogens is 422 g/mol. The zero-order valence-corrected chi connectivity index (χ0v) is 18.6. The van der Waals surface area contributed by atoms with E-state index in [1.807, 2.05) is 32.3 Å². The van der Waals surface area contributed by atoms with Crippen molar-refractivity contribution in [1.29, 1.82) is 0 Å². The molecule has 3 rings (SSSR count). The van der Waals surface area contributed by atoms with Gasteiger partial charge in [-0.3, -0.25) is 4.79 Å². The first-order chi connectivity index (χ1) is 13.1. The van der Waals surface area contributed by atoms with Crippen LogP contribution in [0.4, 0.5) is 0 Å². The molecule has 1 aliphatic carbocycles. The second kappa shape index (κ2) is 7.90. The van der Waals surface area contributed by atoms with E-state index in [0.717, 1.165) is 33.9 Å². The summed E-state index contributed by atoms with van der Waals surface area (Å²) in [6.45, 7) is 7.52. The first kappa shape index (κ1) is 20.9. The number of nitrogens with zero attached hydrogens (tertiary/aromatic N) is 1. The number of benzene rings is 1. The van der Waals surface area contributed by atoms with Gasteiger partial charge < -0.3 is 14.4 Å². The van der Waals surface area contributed by atoms with Crippen LogP contribution in [-0.4, -0.2) is 27.2 Å². The van der Waals surface area contributed by atoms with E-state index in [1.165, 1.54) is 24.8 Å². The standard InChI is InChI=1S/C22H28BrNO4/c1-13-10-15(21(26)27)11-16-18(13)19(14-8-6-5-7-9-14)20(23)24(16)12-17(25)28-22(2,3)4/h10-11,14H,5-9,12H2,1-4H3,(H,26,27). The van der Waals surface area contributed by atoms with Gasteiger partial charge in [-0.2, -0.15) is 0 Å². The van der Waals surface area contributed by atoms with Gasteiger partial charge in [0.2, 0.25) is 0 Å². The molecule has 0 atom stereocenters. The first-order valence-electron chi connectivity index (χ1n) is 9.86. The van der Waals surface area contributed by atoms with Gasteiger partial charge in [-0.15, -0.1) is 0 Å². The number of halogens is 1. The molecule has 1 aliphatic rings. The summed E-state index contributed by atoms with van der Waals surface area (Å²) < 4.78 is 8.25. The predicted octanol–water partition coefficient (Wildman–Crippen LogP) is 5.80. The zero-order valence-electron chi connectivity index (χ0n) is 17.0. The normalized spacial score (nSPS) is 15.8. The molecule has 1 aromatic heterocycles. The minimum atomic E-state index is -0.967. The number of aryl methyl sites for hydroxylation is 1. The second-order valence-corrected chi connectivity index (χ2v) is 9.46. The SMILES string of the molecule is Cc1cc(C(=O)O)cc2c1c(C1CCCCC1)c(Br)n2CC(=O)OC(C)(C)C.